The van der Waals surface area contributed by atoms with Crippen molar-refractivity contribution in [2.45, 2.75) is 26.2 Å². The number of benzene rings is 2. The molecular weight excluding hydrogens is 286 g/mol. The molecule has 118 valence electrons. The number of unbranched alkanes of at least 4 members (excludes halogenated alkanes) is 1. The van der Waals surface area contributed by atoms with Crippen molar-refractivity contribution in [3.63, 3.8) is 0 Å². The van der Waals surface area contributed by atoms with E-state index in [9.17, 15) is 4.79 Å². The molecule has 1 aliphatic heterocycles. The Morgan fingerprint density at radius 2 is 1.91 bits per heavy atom. The van der Waals surface area contributed by atoms with Crippen LogP contribution in [0.25, 0.3) is 0 Å². The first-order chi connectivity index (χ1) is 11.3. The second-order valence-electron chi connectivity index (χ2n) is 5.69. The quantitative estimate of drug-likeness (QED) is 0.595. The molecule has 3 heteroatoms. The van der Waals surface area contributed by atoms with E-state index in [0.717, 1.165) is 30.6 Å². The number of ether oxygens (including phenoxy) is 1. The van der Waals surface area contributed by atoms with Crippen molar-refractivity contribution in [3.8, 4) is 5.75 Å². The molecule has 0 N–H and O–H groups in total. The lowest BCUT2D eigenvalue weighted by molar-refractivity contribution is 0.106. The van der Waals surface area contributed by atoms with Gasteiger partial charge in [0.15, 0.2) is 0 Å². The van der Waals surface area contributed by atoms with Gasteiger partial charge < -0.3 is 4.74 Å². The van der Waals surface area contributed by atoms with E-state index in [1.54, 1.807) is 0 Å². The van der Waals surface area contributed by atoms with Crippen molar-refractivity contribution < 1.29 is 9.53 Å². The van der Waals surface area contributed by atoms with Gasteiger partial charge in [0, 0.05) is 17.7 Å². The highest BCUT2D eigenvalue weighted by Gasteiger charge is 2.21. The van der Waals surface area contributed by atoms with Gasteiger partial charge in [-0.3, -0.25) is 9.79 Å². The zero-order chi connectivity index (χ0) is 16.1. The molecule has 0 aromatic heterocycles. The Labute approximate surface area is 137 Å². The normalized spacial score (nSPS) is 13.2. The number of nitrogens with zero attached hydrogens (tertiary/aromatic N) is 1. The van der Waals surface area contributed by atoms with Crippen LogP contribution < -0.4 is 4.74 Å². The van der Waals surface area contributed by atoms with Crippen molar-refractivity contribution in [1.82, 2.24) is 0 Å². The van der Waals surface area contributed by atoms with Crippen LogP contribution in [0, 0.1) is 0 Å². The van der Waals surface area contributed by atoms with Gasteiger partial charge in [0.1, 0.15) is 11.5 Å². The SMILES string of the molecule is CCCCOc1ccc(C(=O)C2=NCCc3ccccc32)cc1. The van der Waals surface area contributed by atoms with Crippen LogP contribution in [0.3, 0.4) is 0 Å². The molecule has 0 spiro atoms. The summed E-state index contributed by atoms with van der Waals surface area (Å²) in [4.78, 5) is 17.2. The molecule has 0 aliphatic carbocycles. The molecule has 0 atom stereocenters. The lowest BCUT2D eigenvalue weighted by Gasteiger charge is -2.16. The lowest BCUT2D eigenvalue weighted by Crippen LogP contribution is -2.22. The van der Waals surface area contributed by atoms with Crippen molar-refractivity contribution in [2.24, 2.45) is 4.99 Å². The van der Waals surface area contributed by atoms with E-state index in [1.807, 2.05) is 42.5 Å². The third kappa shape index (κ3) is 3.50. The Morgan fingerprint density at radius 1 is 1.13 bits per heavy atom. The van der Waals surface area contributed by atoms with Crippen LogP contribution in [0.1, 0.15) is 41.3 Å². The standard InChI is InChI=1S/C20H21NO2/c1-2-3-14-23-17-10-8-16(9-11-17)20(22)19-18-7-5-4-6-15(18)12-13-21-19/h4-11H,2-3,12-14H2,1H3. The van der Waals surface area contributed by atoms with Crippen LogP contribution >= 0.6 is 0 Å². The predicted molar refractivity (Wildman–Crippen MR) is 92.7 cm³/mol. The minimum absolute atomic E-state index is 0.0164. The third-order valence-electron chi connectivity index (χ3n) is 4.02. The van der Waals surface area contributed by atoms with E-state index in [1.165, 1.54) is 5.56 Å². The topological polar surface area (TPSA) is 38.7 Å². The van der Waals surface area contributed by atoms with Gasteiger partial charge in [-0.2, -0.15) is 0 Å². The molecule has 0 saturated heterocycles. The molecule has 23 heavy (non-hydrogen) atoms. The first-order valence-electron chi connectivity index (χ1n) is 8.20. The van der Waals surface area contributed by atoms with E-state index in [4.69, 9.17) is 4.74 Å². The Bertz CT molecular complexity index is 717. The first-order valence-corrected chi connectivity index (χ1v) is 8.20. The van der Waals surface area contributed by atoms with E-state index < -0.39 is 0 Å². The number of fused-ring (bicyclic) bond motifs is 1. The smallest absolute Gasteiger partial charge is 0.211 e. The van der Waals surface area contributed by atoms with Crippen LogP contribution in [0.5, 0.6) is 5.75 Å². The molecule has 0 saturated carbocycles. The number of hydrogen-bond donors (Lipinski definition) is 0. The largest absolute Gasteiger partial charge is 0.494 e. The highest BCUT2D eigenvalue weighted by Crippen LogP contribution is 2.20. The van der Waals surface area contributed by atoms with E-state index in [-0.39, 0.29) is 5.78 Å². The maximum absolute atomic E-state index is 12.8. The fraction of sp³-hybridized carbons (Fsp3) is 0.300. The summed E-state index contributed by atoms with van der Waals surface area (Å²) in [6, 6.07) is 15.4. The maximum atomic E-state index is 12.8. The molecule has 0 unspecified atom stereocenters. The summed E-state index contributed by atoms with van der Waals surface area (Å²) in [5.74, 6) is 0.790. The van der Waals surface area contributed by atoms with E-state index in [0.29, 0.717) is 24.4 Å². The zero-order valence-corrected chi connectivity index (χ0v) is 13.4. The first kappa shape index (κ1) is 15.5. The minimum Gasteiger partial charge on any atom is -0.494 e. The van der Waals surface area contributed by atoms with Crippen LogP contribution in [0.2, 0.25) is 0 Å². The Hall–Kier alpha value is -2.42. The van der Waals surface area contributed by atoms with Gasteiger partial charge in [-0.15, -0.1) is 0 Å². The van der Waals surface area contributed by atoms with Crippen molar-refractivity contribution in [3.05, 3.63) is 65.2 Å². The highest BCUT2D eigenvalue weighted by molar-refractivity contribution is 6.51. The van der Waals surface area contributed by atoms with Crippen LogP contribution in [-0.2, 0) is 6.42 Å². The Morgan fingerprint density at radius 3 is 2.70 bits per heavy atom. The summed E-state index contributed by atoms with van der Waals surface area (Å²) in [5, 5.41) is 0. The average molecular weight is 307 g/mol. The number of ketones is 1. The summed E-state index contributed by atoms with van der Waals surface area (Å²) >= 11 is 0. The summed E-state index contributed by atoms with van der Waals surface area (Å²) < 4.78 is 5.64. The lowest BCUT2D eigenvalue weighted by atomic mass is 9.93. The second-order valence-corrected chi connectivity index (χ2v) is 5.69. The number of hydrogen-bond acceptors (Lipinski definition) is 3. The Balaban J connectivity index is 1.77. The second kappa shape index (κ2) is 7.23. The Kier molecular flexibility index (Phi) is 4.86. The predicted octanol–water partition coefficient (Wildman–Crippen LogP) is 4.09. The summed E-state index contributed by atoms with van der Waals surface area (Å²) in [7, 11) is 0. The monoisotopic (exact) mass is 307 g/mol. The molecule has 3 nitrogen and oxygen atoms in total. The number of rotatable bonds is 6. The van der Waals surface area contributed by atoms with Crippen molar-refractivity contribution >= 4 is 11.5 Å². The van der Waals surface area contributed by atoms with E-state index >= 15 is 0 Å². The van der Waals surface area contributed by atoms with Crippen molar-refractivity contribution in [1.29, 1.82) is 0 Å². The molecule has 3 rings (SSSR count). The van der Waals surface area contributed by atoms with Gasteiger partial charge in [0.05, 0.1) is 6.61 Å². The van der Waals surface area contributed by atoms with E-state index in [2.05, 4.69) is 18.0 Å². The number of aliphatic imine (C=N–C) groups is 1. The van der Waals surface area contributed by atoms with Gasteiger partial charge in [0.2, 0.25) is 5.78 Å². The van der Waals surface area contributed by atoms with Crippen LogP contribution in [0.15, 0.2) is 53.5 Å². The average Bonchev–Trinajstić information content (AvgIpc) is 2.61. The summed E-state index contributed by atoms with van der Waals surface area (Å²) in [6.07, 6.45) is 3.04. The zero-order valence-electron chi connectivity index (χ0n) is 13.4. The highest BCUT2D eigenvalue weighted by atomic mass is 16.5. The number of carbonyl (C=O) groups is 1. The van der Waals surface area contributed by atoms with Crippen LogP contribution in [0.4, 0.5) is 0 Å². The minimum atomic E-state index is -0.0164. The number of Topliss-reactive ketones (excluding diaryl/α,β-unsaturated/α-hetero) is 1. The summed E-state index contributed by atoms with van der Waals surface area (Å²) in [6.45, 7) is 3.52. The summed E-state index contributed by atoms with van der Waals surface area (Å²) in [5.41, 5.74) is 3.40. The van der Waals surface area contributed by atoms with Gasteiger partial charge in [-0.1, -0.05) is 37.6 Å². The molecular formula is C20H21NO2. The van der Waals surface area contributed by atoms with Crippen molar-refractivity contribution in [2.75, 3.05) is 13.2 Å². The molecule has 2 aromatic carbocycles. The van der Waals surface area contributed by atoms with Gasteiger partial charge in [0.25, 0.3) is 0 Å². The number of carbonyl (C=O) groups excluding carboxylic acids is 1. The molecule has 0 fully saturated rings. The fourth-order valence-electron chi connectivity index (χ4n) is 2.71. The fourth-order valence-corrected chi connectivity index (χ4v) is 2.71. The van der Waals surface area contributed by atoms with Crippen LogP contribution in [-0.4, -0.2) is 24.6 Å². The molecule has 0 radical (unpaired) electrons. The third-order valence-corrected chi connectivity index (χ3v) is 4.02. The molecule has 1 aliphatic rings. The van der Waals surface area contributed by atoms with Gasteiger partial charge >= 0.3 is 0 Å². The van der Waals surface area contributed by atoms with Gasteiger partial charge in [-0.05, 0) is 42.7 Å². The molecule has 0 bridgehead atoms. The molecule has 1 heterocycles. The molecule has 2 aromatic rings. The molecule has 0 amide bonds. The maximum Gasteiger partial charge on any atom is 0.211 e. The van der Waals surface area contributed by atoms with Gasteiger partial charge in [-0.25, -0.2) is 0 Å².